The maximum absolute atomic E-state index is 14.1. The van der Waals surface area contributed by atoms with Crippen LogP contribution < -0.4 is 10.6 Å². The van der Waals surface area contributed by atoms with Gasteiger partial charge in [0.25, 0.3) is 6.47 Å². The Balaban J connectivity index is 0.00000101. The van der Waals surface area contributed by atoms with Crippen LogP contribution in [0.2, 0.25) is 0 Å². The first-order valence-electron chi connectivity index (χ1n) is 9.56. The fourth-order valence-corrected chi connectivity index (χ4v) is 2.92. The number of hydrogen-bond acceptors (Lipinski definition) is 4. The Kier molecular flexibility index (Phi) is 8.16. The van der Waals surface area contributed by atoms with Crippen LogP contribution in [-0.4, -0.2) is 23.1 Å². The number of aromatic nitrogens is 1. The molecule has 1 aromatic carbocycles. The molecule has 1 saturated carbocycles. The predicted octanol–water partition coefficient (Wildman–Crippen LogP) is 5.31. The standard InChI is InChI=1S/C20H23F4N3.CH2O2/c1-12(2)16-8-19(26-11-14(16)10-25-9-13-3-4-13)27-18-6-5-15(7-17(18)21)20(22,23)24;2-1-3/h5-8,11-13,25H,3-4,9-10H2,1-2H3,(H,26,27);1H,(H,2,3). The number of carboxylic acid groups (broad SMARTS) is 1. The number of carbonyl (C=O) groups is 1. The maximum atomic E-state index is 14.1. The van der Waals surface area contributed by atoms with Gasteiger partial charge in [0.2, 0.25) is 0 Å². The van der Waals surface area contributed by atoms with E-state index in [-0.39, 0.29) is 18.1 Å². The Morgan fingerprint density at radius 1 is 1.27 bits per heavy atom. The van der Waals surface area contributed by atoms with E-state index < -0.39 is 17.6 Å². The Labute approximate surface area is 172 Å². The summed E-state index contributed by atoms with van der Waals surface area (Å²) in [5.74, 6) is 0.462. The van der Waals surface area contributed by atoms with Crippen LogP contribution in [0.4, 0.5) is 29.1 Å². The Morgan fingerprint density at radius 2 is 1.93 bits per heavy atom. The zero-order valence-corrected chi connectivity index (χ0v) is 16.8. The Morgan fingerprint density at radius 3 is 2.47 bits per heavy atom. The number of halogens is 4. The Hall–Kier alpha value is -2.68. The molecule has 0 radical (unpaired) electrons. The van der Waals surface area contributed by atoms with Crippen LogP contribution in [0.1, 0.15) is 49.3 Å². The van der Waals surface area contributed by atoms with Crippen LogP contribution in [0.15, 0.2) is 30.5 Å². The Bertz CT molecular complexity index is 853. The monoisotopic (exact) mass is 427 g/mol. The second kappa shape index (κ2) is 10.4. The van der Waals surface area contributed by atoms with Crippen molar-refractivity contribution >= 4 is 18.0 Å². The van der Waals surface area contributed by atoms with Gasteiger partial charge < -0.3 is 15.7 Å². The molecule has 5 nitrogen and oxygen atoms in total. The van der Waals surface area contributed by atoms with Gasteiger partial charge in [0.15, 0.2) is 0 Å². The van der Waals surface area contributed by atoms with E-state index in [1.54, 1.807) is 6.20 Å². The van der Waals surface area contributed by atoms with Crippen molar-refractivity contribution in [3.05, 3.63) is 53.0 Å². The minimum Gasteiger partial charge on any atom is -0.483 e. The van der Waals surface area contributed by atoms with E-state index in [0.717, 1.165) is 35.7 Å². The van der Waals surface area contributed by atoms with E-state index in [2.05, 4.69) is 29.5 Å². The van der Waals surface area contributed by atoms with Crippen molar-refractivity contribution < 1.29 is 27.5 Å². The van der Waals surface area contributed by atoms with Crippen LogP contribution in [0.25, 0.3) is 0 Å². The average molecular weight is 427 g/mol. The SMILES string of the molecule is CC(C)c1cc(Nc2ccc(C(F)(F)F)cc2F)ncc1CNCC1CC1.O=CO. The van der Waals surface area contributed by atoms with Crippen LogP contribution in [0, 0.1) is 11.7 Å². The summed E-state index contributed by atoms with van der Waals surface area (Å²) in [6, 6.07) is 4.25. The van der Waals surface area contributed by atoms with Gasteiger partial charge in [-0.25, -0.2) is 9.37 Å². The van der Waals surface area contributed by atoms with E-state index in [1.165, 1.54) is 12.8 Å². The van der Waals surface area contributed by atoms with Gasteiger partial charge in [-0.1, -0.05) is 13.8 Å². The summed E-state index contributed by atoms with van der Waals surface area (Å²) in [4.78, 5) is 12.7. The number of nitrogens with zero attached hydrogens (tertiary/aromatic N) is 1. The first kappa shape index (κ1) is 23.6. The second-order valence-electron chi connectivity index (χ2n) is 7.42. The highest BCUT2D eigenvalue weighted by Gasteiger charge is 2.31. The third kappa shape index (κ3) is 6.98. The number of alkyl halides is 3. The zero-order chi connectivity index (χ0) is 22.3. The molecular formula is C21H25F4N3O2. The summed E-state index contributed by atoms with van der Waals surface area (Å²) >= 11 is 0. The van der Waals surface area contributed by atoms with Gasteiger partial charge in [-0.3, -0.25) is 4.79 Å². The van der Waals surface area contributed by atoms with Crippen molar-refractivity contribution in [3.8, 4) is 0 Å². The first-order valence-corrected chi connectivity index (χ1v) is 9.56. The molecule has 164 valence electrons. The minimum atomic E-state index is -4.57. The molecule has 0 amide bonds. The van der Waals surface area contributed by atoms with Crippen molar-refractivity contribution in [2.45, 2.75) is 45.3 Å². The average Bonchev–Trinajstić information content (AvgIpc) is 3.48. The number of rotatable bonds is 7. The summed E-state index contributed by atoms with van der Waals surface area (Å²) in [5.41, 5.74) is 1.09. The smallest absolute Gasteiger partial charge is 0.416 e. The lowest BCUT2D eigenvalue weighted by Gasteiger charge is -2.16. The summed E-state index contributed by atoms with van der Waals surface area (Å²) in [6.07, 6.45) is -0.273. The molecule has 0 atom stereocenters. The molecule has 1 fully saturated rings. The molecule has 30 heavy (non-hydrogen) atoms. The molecule has 3 rings (SSSR count). The molecule has 9 heteroatoms. The van der Waals surface area contributed by atoms with Crippen LogP contribution in [0.5, 0.6) is 0 Å². The molecule has 1 aromatic heterocycles. The van der Waals surface area contributed by atoms with Crippen molar-refractivity contribution in [2.75, 3.05) is 11.9 Å². The van der Waals surface area contributed by atoms with Gasteiger partial charge in [-0.2, -0.15) is 13.2 Å². The van der Waals surface area contributed by atoms with E-state index >= 15 is 0 Å². The van der Waals surface area contributed by atoms with Gasteiger partial charge in [0, 0.05) is 12.7 Å². The van der Waals surface area contributed by atoms with Crippen molar-refractivity contribution in [3.63, 3.8) is 0 Å². The summed E-state index contributed by atoms with van der Waals surface area (Å²) < 4.78 is 52.0. The molecule has 3 N–H and O–H groups in total. The summed E-state index contributed by atoms with van der Waals surface area (Å²) in [5, 5.41) is 13.1. The number of hydrogen-bond donors (Lipinski definition) is 3. The molecule has 1 aliphatic carbocycles. The molecule has 1 heterocycles. The van der Waals surface area contributed by atoms with Gasteiger partial charge in [0.05, 0.1) is 11.3 Å². The van der Waals surface area contributed by atoms with Crippen LogP contribution >= 0.6 is 0 Å². The van der Waals surface area contributed by atoms with E-state index in [9.17, 15) is 17.6 Å². The second-order valence-corrected chi connectivity index (χ2v) is 7.42. The van der Waals surface area contributed by atoms with Gasteiger partial charge in [-0.15, -0.1) is 0 Å². The third-order valence-electron chi connectivity index (χ3n) is 4.65. The number of anilines is 2. The van der Waals surface area contributed by atoms with E-state index in [4.69, 9.17) is 9.90 Å². The summed E-state index contributed by atoms with van der Waals surface area (Å²) in [6.45, 7) is 5.57. The highest BCUT2D eigenvalue weighted by molar-refractivity contribution is 5.58. The van der Waals surface area contributed by atoms with E-state index in [0.29, 0.717) is 18.4 Å². The lowest BCUT2D eigenvalue weighted by Crippen LogP contribution is -2.18. The minimum absolute atomic E-state index is 0.0372. The fraction of sp³-hybridized carbons (Fsp3) is 0.429. The predicted molar refractivity (Wildman–Crippen MR) is 106 cm³/mol. The molecular weight excluding hydrogens is 402 g/mol. The van der Waals surface area contributed by atoms with Crippen LogP contribution in [-0.2, 0) is 17.5 Å². The van der Waals surface area contributed by atoms with Crippen LogP contribution in [0.3, 0.4) is 0 Å². The molecule has 0 bridgehead atoms. The lowest BCUT2D eigenvalue weighted by molar-refractivity contribution is -0.137. The van der Waals surface area contributed by atoms with Gasteiger partial charge in [-0.05, 0) is 66.6 Å². The molecule has 0 spiro atoms. The van der Waals surface area contributed by atoms with Crippen molar-refractivity contribution in [2.24, 2.45) is 5.92 Å². The molecule has 2 aromatic rings. The van der Waals surface area contributed by atoms with Gasteiger partial charge >= 0.3 is 6.18 Å². The highest BCUT2D eigenvalue weighted by Crippen LogP contribution is 2.32. The fourth-order valence-electron chi connectivity index (χ4n) is 2.92. The number of nitrogens with one attached hydrogen (secondary N) is 2. The maximum Gasteiger partial charge on any atom is 0.416 e. The van der Waals surface area contributed by atoms with Gasteiger partial charge in [0.1, 0.15) is 11.6 Å². The van der Waals surface area contributed by atoms with Crippen molar-refractivity contribution in [1.82, 2.24) is 10.3 Å². The molecule has 1 aliphatic rings. The largest absolute Gasteiger partial charge is 0.483 e. The third-order valence-corrected chi connectivity index (χ3v) is 4.65. The normalized spacial score (nSPS) is 13.6. The summed E-state index contributed by atoms with van der Waals surface area (Å²) in [7, 11) is 0. The quantitative estimate of drug-likeness (QED) is 0.413. The number of benzene rings is 1. The molecule has 0 saturated heterocycles. The topological polar surface area (TPSA) is 74.2 Å². The number of pyridine rings is 1. The molecule has 0 aliphatic heterocycles. The molecule has 0 unspecified atom stereocenters. The highest BCUT2D eigenvalue weighted by atomic mass is 19.4. The van der Waals surface area contributed by atoms with Crippen molar-refractivity contribution in [1.29, 1.82) is 0 Å². The lowest BCUT2D eigenvalue weighted by atomic mass is 9.99. The first-order chi connectivity index (χ1) is 14.2. The van der Waals surface area contributed by atoms with E-state index in [1.807, 2.05) is 6.07 Å². The zero-order valence-electron chi connectivity index (χ0n) is 16.8.